The van der Waals surface area contributed by atoms with Gasteiger partial charge in [0, 0.05) is 37.8 Å². The lowest BCUT2D eigenvalue weighted by atomic mass is 9.86. The summed E-state index contributed by atoms with van der Waals surface area (Å²) in [6.07, 6.45) is 2.55. The van der Waals surface area contributed by atoms with Crippen LogP contribution < -0.4 is 9.46 Å². The third-order valence-electron chi connectivity index (χ3n) is 7.08. The molecule has 2 saturated heterocycles. The third kappa shape index (κ3) is 8.83. The highest BCUT2D eigenvalue weighted by molar-refractivity contribution is 7.89. The molecule has 232 valence electrons. The molecule has 2 fully saturated rings. The highest BCUT2D eigenvalue weighted by Crippen LogP contribution is 2.41. The lowest BCUT2D eigenvalue weighted by Crippen LogP contribution is -2.47. The number of ether oxygens (including phenoxy) is 2. The van der Waals surface area contributed by atoms with Gasteiger partial charge in [-0.3, -0.25) is 0 Å². The number of nitrogens with zero attached hydrogens (tertiary/aromatic N) is 2. The van der Waals surface area contributed by atoms with Gasteiger partial charge in [-0.05, 0) is 72.8 Å². The molecule has 0 saturated carbocycles. The summed E-state index contributed by atoms with van der Waals surface area (Å²) in [6.45, 7) is 16.0. The fraction of sp³-hybridized carbons (Fsp3) is 0.679. The second-order valence-electron chi connectivity index (χ2n) is 12.5. The van der Waals surface area contributed by atoms with Gasteiger partial charge in [0.25, 0.3) is 0 Å². The topological polar surface area (TPSA) is 105 Å². The highest BCUT2D eigenvalue weighted by atomic mass is 35.5. The molecule has 0 aliphatic carbocycles. The fourth-order valence-electron chi connectivity index (χ4n) is 4.90. The van der Waals surface area contributed by atoms with E-state index in [2.05, 4.69) is 11.3 Å². The Kier molecular flexibility index (Phi) is 11.2. The van der Waals surface area contributed by atoms with Crippen molar-refractivity contribution in [2.45, 2.75) is 82.4 Å². The standard InChI is InChI=1S/C28H43Cl2N3O6S2/c1-8-15-38-24-17-23(30)22(29)16-21(24)25(31-40(35)28(5,6)7)19-9-13-33(14-10-19)41(36,37)20-11-12-32(18-20)26(34)39-27(2,3)4/h8,16-17,19-20,25,31H,1,9-15,18H2,2-7H3. The molecule has 41 heavy (non-hydrogen) atoms. The molecule has 0 radical (unpaired) electrons. The quantitative estimate of drug-likeness (QED) is 0.343. The van der Waals surface area contributed by atoms with Crippen molar-refractivity contribution in [1.82, 2.24) is 13.9 Å². The number of rotatable bonds is 9. The van der Waals surface area contributed by atoms with Crippen molar-refractivity contribution in [2.24, 2.45) is 5.92 Å². The molecule has 2 heterocycles. The molecular formula is C28H43Cl2N3O6S2. The first-order valence-electron chi connectivity index (χ1n) is 13.8. The van der Waals surface area contributed by atoms with E-state index in [4.69, 9.17) is 32.7 Å². The van der Waals surface area contributed by atoms with Crippen LogP contribution in [0.3, 0.4) is 0 Å². The Labute approximate surface area is 257 Å². The summed E-state index contributed by atoms with van der Waals surface area (Å²) in [6, 6.07) is 2.95. The number of carbonyl (C=O) groups is 1. The van der Waals surface area contributed by atoms with E-state index < -0.39 is 48.7 Å². The van der Waals surface area contributed by atoms with Crippen molar-refractivity contribution >= 4 is 50.3 Å². The van der Waals surface area contributed by atoms with E-state index in [1.54, 1.807) is 39.0 Å². The van der Waals surface area contributed by atoms with E-state index >= 15 is 0 Å². The zero-order valence-electron chi connectivity index (χ0n) is 24.7. The Hall–Kier alpha value is -1.37. The second kappa shape index (κ2) is 13.5. The molecule has 9 nitrogen and oxygen atoms in total. The minimum absolute atomic E-state index is 0.0575. The summed E-state index contributed by atoms with van der Waals surface area (Å²) in [5, 5.41) is 0.00249. The van der Waals surface area contributed by atoms with Crippen molar-refractivity contribution in [3.8, 4) is 5.75 Å². The van der Waals surface area contributed by atoms with Crippen molar-refractivity contribution in [1.29, 1.82) is 0 Å². The van der Waals surface area contributed by atoms with Gasteiger partial charge in [-0.15, -0.1) is 0 Å². The largest absolute Gasteiger partial charge is 0.489 e. The van der Waals surface area contributed by atoms with Gasteiger partial charge < -0.3 is 14.4 Å². The lowest BCUT2D eigenvalue weighted by Gasteiger charge is -2.38. The van der Waals surface area contributed by atoms with E-state index in [1.165, 1.54) is 9.21 Å². The number of sulfonamides is 1. The zero-order chi connectivity index (χ0) is 30.8. The van der Waals surface area contributed by atoms with Crippen LogP contribution in [-0.4, -0.2) is 76.3 Å². The van der Waals surface area contributed by atoms with E-state index in [0.717, 1.165) is 0 Å². The minimum atomic E-state index is -3.64. The maximum absolute atomic E-state index is 13.6. The van der Waals surface area contributed by atoms with Crippen LogP contribution in [-0.2, 0) is 25.7 Å². The maximum atomic E-state index is 13.6. The van der Waals surface area contributed by atoms with E-state index in [0.29, 0.717) is 60.3 Å². The van der Waals surface area contributed by atoms with Crippen molar-refractivity contribution in [3.63, 3.8) is 0 Å². The number of amides is 1. The number of benzene rings is 1. The second-order valence-corrected chi connectivity index (χ2v) is 17.5. The molecule has 3 rings (SSSR count). The van der Waals surface area contributed by atoms with E-state index in [1.807, 2.05) is 20.8 Å². The molecule has 2 aliphatic heterocycles. The predicted octanol–water partition coefficient (Wildman–Crippen LogP) is 5.70. The van der Waals surface area contributed by atoms with Gasteiger partial charge in [0.2, 0.25) is 10.0 Å². The molecule has 1 aromatic rings. The number of hydrogen-bond acceptors (Lipinski definition) is 6. The molecular weight excluding hydrogens is 609 g/mol. The van der Waals surface area contributed by atoms with Crippen LogP contribution in [0.5, 0.6) is 5.75 Å². The van der Waals surface area contributed by atoms with Crippen LogP contribution in [0, 0.1) is 5.92 Å². The van der Waals surface area contributed by atoms with Crippen LogP contribution in [0.4, 0.5) is 4.79 Å². The number of carbonyl (C=O) groups excluding carboxylic acids is 1. The summed E-state index contributed by atoms with van der Waals surface area (Å²) in [5.74, 6) is 0.448. The smallest absolute Gasteiger partial charge is 0.410 e. The van der Waals surface area contributed by atoms with Crippen molar-refractivity contribution < 1.29 is 26.9 Å². The summed E-state index contributed by atoms with van der Waals surface area (Å²) in [5.41, 5.74) is 0.0613. The predicted molar refractivity (Wildman–Crippen MR) is 165 cm³/mol. The molecule has 0 bridgehead atoms. The Balaban J connectivity index is 1.79. The summed E-state index contributed by atoms with van der Waals surface area (Å²) < 4.78 is 56.0. The van der Waals surface area contributed by atoms with Crippen molar-refractivity contribution in [2.75, 3.05) is 32.8 Å². The summed E-state index contributed by atoms with van der Waals surface area (Å²) in [7, 11) is -5.06. The molecule has 13 heteroatoms. The average molecular weight is 653 g/mol. The first kappa shape index (κ1) is 34.1. The van der Waals surface area contributed by atoms with Crippen LogP contribution in [0.25, 0.3) is 0 Å². The molecule has 2 aliphatic rings. The molecule has 3 atom stereocenters. The number of likely N-dealkylation sites (tertiary alicyclic amines) is 1. The molecule has 3 unspecified atom stereocenters. The lowest BCUT2D eigenvalue weighted by molar-refractivity contribution is 0.0295. The molecule has 0 aromatic heterocycles. The average Bonchev–Trinajstić information content (AvgIpc) is 3.38. The van der Waals surface area contributed by atoms with Gasteiger partial charge in [-0.2, -0.15) is 0 Å². The van der Waals surface area contributed by atoms with Gasteiger partial charge in [-0.1, -0.05) is 35.9 Å². The van der Waals surface area contributed by atoms with Gasteiger partial charge in [0.1, 0.15) is 18.0 Å². The Morgan fingerprint density at radius 2 is 1.73 bits per heavy atom. The normalized spacial score (nSPS) is 21.0. The summed E-state index contributed by atoms with van der Waals surface area (Å²) in [4.78, 5) is 14.0. The fourth-order valence-corrected chi connectivity index (χ4v) is 8.05. The molecule has 1 aromatic carbocycles. The zero-order valence-corrected chi connectivity index (χ0v) is 27.9. The first-order valence-corrected chi connectivity index (χ1v) is 17.2. The van der Waals surface area contributed by atoms with Crippen molar-refractivity contribution in [3.05, 3.63) is 40.4 Å². The Bertz CT molecular complexity index is 1240. The molecule has 1 N–H and O–H groups in total. The van der Waals surface area contributed by atoms with Gasteiger partial charge in [0.15, 0.2) is 0 Å². The van der Waals surface area contributed by atoms with Gasteiger partial charge in [0.05, 0.1) is 37.1 Å². The molecule has 1 amide bonds. The van der Waals surface area contributed by atoms with Crippen LogP contribution in [0.2, 0.25) is 10.0 Å². The van der Waals surface area contributed by atoms with Crippen LogP contribution in [0.1, 0.15) is 72.4 Å². The van der Waals surface area contributed by atoms with Crippen LogP contribution >= 0.6 is 23.2 Å². The Morgan fingerprint density at radius 1 is 1.12 bits per heavy atom. The number of nitrogens with one attached hydrogen (secondary N) is 1. The third-order valence-corrected chi connectivity index (χ3v) is 11.7. The minimum Gasteiger partial charge on any atom is -0.489 e. The Morgan fingerprint density at radius 3 is 2.29 bits per heavy atom. The van der Waals surface area contributed by atoms with E-state index in [-0.39, 0.29) is 19.1 Å². The highest BCUT2D eigenvalue weighted by Gasteiger charge is 2.42. The molecule has 0 spiro atoms. The van der Waals surface area contributed by atoms with Gasteiger partial charge in [-0.25, -0.2) is 26.4 Å². The number of piperidine rings is 1. The van der Waals surface area contributed by atoms with Crippen LogP contribution in [0.15, 0.2) is 24.8 Å². The number of hydrogen-bond donors (Lipinski definition) is 1. The maximum Gasteiger partial charge on any atom is 0.410 e. The van der Waals surface area contributed by atoms with Gasteiger partial charge >= 0.3 is 6.09 Å². The SMILES string of the molecule is C=CCOc1cc(Cl)c(Cl)cc1C(NS(=O)C(C)(C)C)C1CCN(S(=O)(=O)C2CCN(C(=O)OC(C)(C)C)C2)CC1. The first-order chi connectivity index (χ1) is 18.9. The monoisotopic (exact) mass is 651 g/mol. The van der Waals surface area contributed by atoms with E-state index in [9.17, 15) is 17.4 Å². The number of halogens is 2. The summed E-state index contributed by atoms with van der Waals surface area (Å²) >= 11 is 12.7.